The lowest BCUT2D eigenvalue weighted by atomic mass is 9.98. The highest BCUT2D eigenvalue weighted by molar-refractivity contribution is 5.80. The Morgan fingerprint density at radius 1 is 0.500 bits per heavy atom. The summed E-state index contributed by atoms with van der Waals surface area (Å²) in [6, 6.07) is -1.19. The maximum absolute atomic E-state index is 13.2. The number of unbranched alkanes of at least 4 members (excludes halogenated alkanes) is 30. The number of hydrogen-bond acceptors (Lipinski definition) is 10. The van der Waals surface area contributed by atoms with Crippen LogP contribution in [0, 0.1) is 0 Å². The second-order valence-electron chi connectivity index (χ2n) is 20.0. The Morgan fingerprint density at radius 3 is 1.31 bits per heavy atom. The average Bonchev–Trinajstić information content (AvgIpc) is 3.34. The predicted octanol–water partition coefficient (Wildman–Crippen LogP) is 11.5. The summed E-state index contributed by atoms with van der Waals surface area (Å²) in [5.41, 5.74) is 0. The third-order valence-electron chi connectivity index (χ3n) is 13.6. The number of carbonyl (C=O) groups is 1. The van der Waals surface area contributed by atoms with Gasteiger partial charge in [-0.3, -0.25) is 4.79 Å². The van der Waals surface area contributed by atoms with Gasteiger partial charge in [0.2, 0.25) is 5.91 Å². The maximum Gasteiger partial charge on any atom is 0.249 e. The highest BCUT2D eigenvalue weighted by Gasteiger charge is 2.44. The molecule has 11 nitrogen and oxygen atoms in total. The molecule has 0 aliphatic carbocycles. The minimum absolute atomic E-state index is 0.244. The molecule has 1 fully saturated rings. The first-order chi connectivity index (χ1) is 33.2. The van der Waals surface area contributed by atoms with E-state index in [-0.39, 0.29) is 12.8 Å². The van der Waals surface area contributed by atoms with Crippen LogP contribution in [0.4, 0.5) is 0 Å². The molecule has 1 aliphatic heterocycles. The molecule has 0 spiro atoms. The first-order valence-corrected chi connectivity index (χ1v) is 28.4. The number of rotatable bonds is 48. The molecule has 1 heterocycles. The maximum atomic E-state index is 13.2. The van der Waals surface area contributed by atoms with Crippen molar-refractivity contribution >= 4 is 5.91 Å². The highest BCUT2D eigenvalue weighted by Crippen LogP contribution is 2.23. The van der Waals surface area contributed by atoms with Gasteiger partial charge in [-0.15, -0.1) is 0 Å². The lowest BCUT2D eigenvalue weighted by Crippen LogP contribution is -2.60. The Hall–Kier alpha value is -1.67. The molecule has 0 aromatic carbocycles. The fourth-order valence-electron chi connectivity index (χ4n) is 8.98. The van der Waals surface area contributed by atoms with Crippen LogP contribution in [0.25, 0.3) is 0 Å². The van der Waals surface area contributed by atoms with Gasteiger partial charge in [-0.1, -0.05) is 211 Å². The molecular weight excluding hydrogens is 859 g/mol. The van der Waals surface area contributed by atoms with Crippen LogP contribution in [0.1, 0.15) is 251 Å². The van der Waals surface area contributed by atoms with Crippen LogP contribution in [-0.2, 0) is 14.3 Å². The number of ether oxygens (including phenoxy) is 2. The number of hydrogen-bond donors (Lipinski definition) is 8. The molecule has 0 aromatic heterocycles. The fourth-order valence-corrected chi connectivity index (χ4v) is 8.98. The first-order valence-electron chi connectivity index (χ1n) is 28.4. The van der Waals surface area contributed by atoms with Crippen LogP contribution in [0.3, 0.4) is 0 Å². The van der Waals surface area contributed by atoms with Gasteiger partial charge in [0.15, 0.2) is 6.29 Å². The van der Waals surface area contributed by atoms with Gasteiger partial charge in [0.1, 0.15) is 36.6 Å². The molecule has 1 saturated heterocycles. The van der Waals surface area contributed by atoms with E-state index in [0.29, 0.717) is 19.3 Å². The van der Waals surface area contributed by atoms with Gasteiger partial charge in [-0.05, 0) is 77.0 Å². The Labute approximate surface area is 416 Å². The molecule has 9 atom stereocenters. The van der Waals surface area contributed by atoms with Gasteiger partial charge < -0.3 is 50.5 Å². The summed E-state index contributed by atoms with van der Waals surface area (Å²) in [5, 5.41) is 76.0. The molecule has 0 bridgehead atoms. The molecule has 9 unspecified atom stereocenters. The Balaban J connectivity index is 2.37. The summed E-state index contributed by atoms with van der Waals surface area (Å²) < 4.78 is 11.1. The van der Waals surface area contributed by atoms with Crippen molar-refractivity contribution in [2.45, 2.75) is 306 Å². The third-order valence-corrected chi connectivity index (χ3v) is 13.6. The quantitative estimate of drug-likeness (QED) is 0.0215. The van der Waals surface area contributed by atoms with Gasteiger partial charge in [0.05, 0.1) is 25.4 Å². The van der Waals surface area contributed by atoms with Crippen molar-refractivity contribution in [2.24, 2.45) is 0 Å². The van der Waals surface area contributed by atoms with Gasteiger partial charge in [-0.2, -0.15) is 0 Å². The standard InChI is InChI=1S/C57H107NO10/c1-3-5-7-9-11-13-15-17-19-21-23-24-25-27-28-30-32-34-36-38-40-42-44-49(60)52(62)48(47-67-57-55(65)54(64)53(63)51(46-59)68-57)58-56(66)50(61)45-43-41-39-37-35-33-31-29-26-22-20-18-16-14-12-10-8-6-4-2/h26,28-30,36,38,48-55,57,59-65H,3-25,27,31-35,37,39-47H2,1-2H3,(H,58,66)/b29-26-,30-28+,38-36+. The number of aliphatic hydroxyl groups excluding tert-OH is 7. The molecule has 1 rings (SSSR count). The zero-order valence-corrected chi connectivity index (χ0v) is 43.6. The zero-order chi connectivity index (χ0) is 49.7. The SMILES string of the molecule is CCCCCCCCCCC/C=C\CCCCCCCCC(O)C(=O)NC(COC1OC(CO)C(O)C(O)C1O)C(O)C(O)CCC/C=C/CC/C=C/CCCCCCCCCCCCCCC. The van der Waals surface area contributed by atoms with Gasteiger partial charge in [0, 0.05) is 0 Å². The monoisotopic (exact) mass is 966 g/mol. The van der Waals surface area contributed by atoms with Crippen molar-refractivity contribution in [2.75, 3.05) is 13.2 Å². The Kier molecular flexibility index (Phi) is 43.9. The summed E-state index contributed by atoms with van der Waals surface area (Å²) >= 11 is 0. The average molecular weight is 966 g/mol. The van der Waals surface area contributed by atoms with Gasteiger partial charge in [0.25, 0.3) is 0 Å². The predicted molar refractivity (Wildman–Crippen MR) is 279 cm³/mol. The molecular formula is C57H107NO10. The molecule has 68 heavy (non-hydrogen) atoms. The molecule has 0 saturated carbocycles. The Morgan fingerprint density at radius 2 is 0.882 bits per heavy atom. The third kappa shape index (κ3) is 34.6. The van der Waals surface area contributed by atoms with Crippen molar-refractivity contribution in [1.82, 2.24) is 5.32 Å². The molecule has 400 valence electrons. The number of carbonyl (C=O) groups excluding carboxylic acids is 1. The van der Waals surface area contributed by atoms with Crippen LogP contribution in [0.15, 0.2) is 36.5 Å². The summed E-state index contributed by atoms with van der Waals surface area (Å²) in [6.07, 6.45) is 44.8. The van der Waals surface area contributed by atoms with Crippen LogP contribution < -0.4 is 5.32 Å². The summed E-state index contributed by atoms with van der Waals surface area (Å²) in [6.45, 7) is 3.45. The van der Waals surface area contributed by atoms with Crippen LogP contribution in [-0.4, -0.2) is 110 Å². The van der Waals surface area contributed by atoms with E-state index in [1.54, 1.807) is 0 Å². The number of allylic oxidation sites excluding steroid dienone is 6. The summed E-state index contributed by atoms with van der Waals surface area (Å²) in [7, 11) is 0. The topological polar surface area (TPSA) is 189 Å². The van der Waals surface area contributed by atoms with Crippen molar-refractivity contribution in [3.8, 4) is 0 Å². The van der Waals surface area contributed by atoms with Gasteiger partial charge in [-0.25, -0.2) is 0 Å². The molecule has 0 radical (unpaired) electrons. The normalized spacial score (nSPS) is 20.8. The molecule has 11 heteroatoms. The highest BCUT2D eigenvalue weighted by atomic mass is 16.7. The number of amides is 1. The largest absolute Gasteiger partial charge is 0.394 e. The van der Waals surface area contributed by atoms with Gasteiger partial charge >= 0.3 is 0 Å². The fraction of sp³-hybridized carbons (Fsp3) is 0.877. The van der Waals surface area contributed by atoms with Crippen molar-refractivity contribution in [3.05, 3.63) is 36.5 Å². The van der Waals surface area contributed by atoms with Crippen LogP contribution in [0.2, 0.25) is 0 Å². The number of aliphatic hydroxyl groups is 7. The summed E-state index contributed by atoms with van der Waals surface area (Å²) in [4.78, 5) is 13.2. The van der Waals surface area contributed by atoms with E-state index < -0.39 is 74.2 Å². The first kappa shape index (κ1) is 64.3. The molecule has 1 amide bonds. The van der Waals surface area contributed by atoms with Crippen molar-refractivity contribution in [3.63, 3.8) is 0 Å². The van der Waals surface area contributed by atoms with E-state index in [1.807, 2.05) is 0 Å². The minimum Gasteiger partial charge on any atom is -0.394 e. The second kappa shape index (κ2) is 46.4. The second-order valence-corrected chi connectivity index (χ2v) is 20.0. The van der Waals surface area contributed by atoms with Crippen molar-refractivity contribution in [1.29, 1.82) is 0 Å². The van der Waals surface area contributed by atoms with E-state index >= 15 is 0 Å². The van der Waals surface area contributed by atoms with Crippen molar-refractivity contribution < 1.29 is 50.0 Å². The summed E-state index contributed by atoms with van der Waals surface area (Å²) in [5.74, 6) is -0.714. The number of nitrogens with one attached hydrogen (secondary N) is 1. The smallest absolute Gasteiger partial charge is 0.249 e. The van der Waals surface area contributed by atoms with E-state index in [4.69, 9.17) is 9.47 Å². The van der Waals surface area contributed by atoms with E-state index in [0.717, 1.165) is 57.8 Å². The van der Waals surface area contributed by atoms with Crippen LogP contribution >= 0.6 is 0 Å². The Bertz CT molecular complexity index is 1200. The van der Waals surface area contributed by atoms with E-state index in [1.165, 1.54) is 148 Å². The zero-order valence-electron chi connectivity index (χ0n) is 43.6. The molecule has 1 aliphatic rings. The van der Waals surface area contributed by atoms with E-state index in [2.05, 4.69) is 55.6 Å². The minimum atomic E-state index is -1.67. The molecule has 8 N–H and O–H groups in total. The van der Waals surface area contributed by atoms with E-state index in [9.17, 15) is 40.5 Å². The molecule has 0 aromatic rings. The lowest BCUT2D eigenvalue weighted by Gasteiger charge is -2.40. The van der Waals surface area contributed by atoms with Crippen LogP contribution in [0.5, 0.6) is 0 Å². The lowest BCUT2D eigenvalue weighted by molar-refractivity contribution is -0.303.